The summed E-state index contributed by atoms with van der Waals surface area (Å²) in [5, 5.41) is 25.3. The highest BCUT2D eigenvalue weighted by Crippen LogP contribution is 2.10. The minimum absolute atomic E-state index is 1.27. The van der Waals surface area contributed by atoms with E-state index < -0.39 is 7.32 Å². The summed E-state index contributed by atoms with van der Waals surface area (Å²) < 4.78 is 0. The van der Waals surface area contributed by atoms with Crippen molar-refractivity contribution in [3.8, 4) is 0 Å². The van der Waals surface area contributed by atoms with Crippen LogP contribution in [0.1, 0.15) is 100 Å². The van der Waals surface area contributed by atoms with E-state index in [-0.39, 0.29) is 0 Å². The topological polar surface area (TPSA) is 60.7 Å². The zero-order chi connectivity index (χ0) is 51.6. The Labute approximate surface area is 416 Å². The molecule has 3 nitrogen and oxygen atoms in total. The summed E-state index contributed by atoms with van der Waals surface area (Å²) in [5.41, 5.74) is 24.2. The van der Waals surface area contributed by atoms with Crippen molar-refractivity contribution in [3.63, 3.8) is 0 Å². The van der Waals surface area contributed by atoms with E-state index in [2.05, 4.69) is 280 Å². The highest BCUT2D eigenvalue weighted by Gasteiger charge is 1.94. The summed E-state index contributed by atoms with van der Waals surface area (Å²) in [7, 11) is 5.93. The van der Waals surface area contributed by atoms with Crippen LogP contribution in [0.4, 0.5) is 0 Å². The van der Waals surface area contributed by atoms with E-state index in [4.69, 9.17) is 15.1 Å². The molecular weight excluding hydrogens is 872 g/mol. The normalized spacial score (nSPS) is 9.49. The molecule has 0 saturated heterocycles. The predicted octanol–water partition coefficient (Wildman–Crippen LogP) is 13.8. The minimum atomic E-state index is -2.17. The quantitative estimate of drug-likeness (QED) is 0.105. The molecule has 0 radical (unpaired) electrons. The number of hydrogen-bond acceptors (Lipinski definition) is 3. The smallest absolute Gasteiger partial charge is 0.402 e. The van der Waals surface area contributed by atoms with Crippen LogP contribution in [0.2, 0.25) is 0 Å². The van der Waals surface area contributed by atoms with Crippen molar-refractivity contribution >= 4 is 51.0 Å². The van der Waals surface area contributed by atoms with Gasteiger partial charge in [-0.05, 0) is 141 Å². The van der Waals surface area contributed by atoms with Crippen molar-refractivity contribution in [2.75, 3.05) is 0 Å². The first kappa shape index (κ1) is 62.8. The maximum atomic E-state index is 7.17. The Balaban J connectivity index is 0.000000748. The molecule has 7 rings (SSSR count). The molecule has 3 N–H and O–H groups in total. The number of rotatable bonds is 0. The summed E-state index contributed by atoms with van der Waals surface area (Å²) >= 11 is 0. The molecule has 7 heteroatoms. The Hall–Kier alpha value is -4.23. The Kier molecular flexibility index (Phi) is 31.2. The Morgan fingerprint density at radius 2 is 0.254 bits per heavy atom. The summed E-state index contributed by atoms with van der Waals surface area (Å²) in [5.74, 6) is 0. The SMILES string of the molecule is Cc1cc(C)cc(C)c1.Cc1cc(C)cc(C)c1.Cc1cc(C)cc(C)c1.Cc1cc(C)cc(C)c1.Cc1cc(C)cc(P)c1.Cc1cc(C)cc(P)c1.Cc1cc(C)cc(P)c1.OB(O)O. The van der Waals surface area contributed by atoms with Crippen LogP contribution in [-0.4, -0.2) is 22.4 Å². The second kappa shape index (κ2) is 33.3. The molecule has 7 aromatic carbocycles. The van der Waals surface area contributed by atoms with Crippen LogP contribution in [0.5, 0.6) is 0 Å². The molecule has 0 bridgehead atoms. The van der Waals surface area contributed by atoms with Gasteiger partial charge in [-0.25, -0.2) is 0 Å². The van der Waals surface area contributed by atoms with Crippen LogP contribution < -0.4 is 15.9 Å². The van der Waals surface area contributed by atoms with Gasteiger partial charge in [0.25, 0.3) is 0 Å². The van der Waals surface area contributed by atoms with E-state index >= 15 is 0 Å². The van der Waals surface area contributed by atoms with Crippen molar-refractivity contribution in [1.82, 2.24) is 0 Å². The van der Waals surface area contributed by atoms with Gasteiger partial charge in [0.15, 0.2) is 0 Å². The van der Waals surface area contributed by atoms with Crippen molar-refractivity contribution in [2.45, 2.75) is 125 Å². The number of hydrogen-bond donors (Lipinski definition) is 3. The Morgan fingerprint density at radius 3 is 0.313 bits per heavy atom. The molecule has 0 aliphatic rings. The highest BCUT2D eigenvalue weighted by molar-refractivity contribution is 7.27. The Morgan fingerprint density at radius 1 is 0.194 bits per heavy atom. The van der Waals surface area contributed by atoms with Crippen molar-refractivity contribution in [2.24, 2.45) is 0 Å². The van der Waals surface area contributed by atoms with Crippen molar-refractivity contribution < 1.29 is 15.1 Å². The van der Waals surface area contributed by atoms with Crippen LogP contribution in [0.15, 0.2) is 127 Å². The summed E-state index contributed by atoms with van der Waals surface area (Å²) in [6, 6.07) is 45.7. The van der Waals surface area contributed by atoms with E-state index in [0.717, 1.165) is 0 Å². The molecule has 360 valence electrons. The van der Waals surface area contributed by atoms with Gasteiger partial charge >= 0.3 is 7.32 Å². The van der Waals surface area contributed by atoms with Gasteiger partial charge in [0.05, 0.1) is 0 Å². The lowest BCUT2D eigenvalue weighted by Crippen LogP contribution is -2.07. The van der Waals surface area contributed by atoms with Gasteiger partial charge in [-0.15, -0.1) is 27.7 Å². The number of benzene rings is 7. The standard InChI is InChI=1S/4C9H12.3C8H11P.BH3O3/c4*1-7-4-8(2)6-9(3)5-7;3*1-6-3-7(2)5-8(9)4-6;2-1(3)4/h4*4-6H,1-3H3;3*3-5H,9H2,1-2H3;2-4H. The maximum absolute atomic E-state index is 7.17. The molecule has 0 aliphatic carbocycles. The van der Waals surface area contributed by atoms with Gasteiger partial charge in [0.1, 0.15) is 0 Å². The third-order valence-electron chi connectivity index (χ3n) is 9.20. The first-order valence-electron chi connectivity index (χ1n) is 22.8. The fourth-order valence-corrected chi connectivity index (χ4v) is 9.42. The van der Waals surface area contributed by atoms with Gasteiger partial charge in [0.2, 0.25) is 0 Å². The largest absolute Gasteiger partial charge is 0.631 e. The van der Waals surface area contributed by atoms with Crippen molar-refractivity contribution in [3.05, 3.63) is 228 Å². The first-order valence-corrected chi connectivity index (χ1v) is 24.5. The Bertz CT molecular complexity index is 1700. The molecular formula is C60H84BO3P3. The third-order valence-corrected chi connectivity index (χ3v) is 10.2. The molecule has 0 heterocycles. The summed E-state index contributed by atoms with van der Waals surface area (Å²) in [4.78, 5) is 0. The fourth-order valence-electron chi connectivity index (χ4n) is 7.84. The van der Waals surface area contributed by atoms with Crippen molar-refractivity contribution in [1.29, 1.82) is 0 Å². The monoisotopic (exact) mass is 957 g/mol. The minimum Gasteiger partial charge on any atom is -0.402 e. The van der Waals surface area contributed by atoms with Crippen LogP contribution in [-0.2, 0) is 0 Å². The van der Waals surface area contributed by atoms with E-state index in [1.165, 1.54) is 116 Å². The van der Waals surface area contributed by atoms with Crippen LogP contribution in [0, 0.1) is 125 Å². The lowest BCUT2D eigenvalue weighted by molar-refractivity contribution is 0.278. The van der Waals surface area contributed by atoms with E-state index in [1.807, 2.05) is 0 Å². The van der Waals surface area contributed by atoms with Gasteiger partial charge in [0, 0.05) is 0 Å². The summed E-state index contributed by atoms with van der Waals surface area (Å²) in [6.07, 6.45) is 0. The maximum Gasteiger partial charge on any atom is 0.631 e. The van der Waals surface area contributed by atoms with Gasteiger partial charge in [-0.2, -0.15) is 0 Å². The molecule has 0 saturated carbocycles. The first-order chi connectivity index (χ1) is 31.0. The molecule has 3 atom stereocenters. The molecule has 7 aromatic rings. The fraction of sp³-hybridized carbons (Fsp3) is 0.300. The molecule has 0 spiro atoms. The molecule has 3 unspecified atom stereocenters. The zero-order valence-corrected chi connectivity index (χ0v) is 47.7. The molecule has 67 heavy (non-hydrogen) atoms. The lowest BCUT2D eigenvalue weighted by atomic mass is 10.1. The van der Waals surface area contributed by atoms with Gasteiger partial charge in [-0.1, -0.05) is 228 Å². The van der Waals surface area contributed by atoms with Gasteiger partial charge in [-0.3, -0.25) is 0 Å². The average molecular weight is 957 g/mol. The van der Waals surface area contributed by atoms with Crippen LogP contribution in [0.3, 0.4) is 0 Å². The molecule has 0 fully saturated rings. The lowest BCUT2D eigenvalue weighted by Gasteiger charge is -1.96. The second-order valence-electron chi connectivity index (χ2n) is 18.3. The average Bonchev–Trinajstić information content (AvgIpc) is 3.09. The molecule has 0 amide bonds. The summed E-state index contributed by atoms with van der Waals surface area (Å²) in [6.45, 7) is 38.2. The van der Waals surface area contributed by atoms with Gasteiger partial charge < -0.3 is 15.1 Å². The second-order valence-corrected chi connectivity index (χ2v) is 20.3. The molecule has 0 aliphatic heterocycles. The van der Waals surface area contributed by atoms with Crippen LogP contribution >= 0.6 is 27.7 Å². The van der Waals surface area contributed by atoms with E-state index in [0.29, 0.717) is 0 Å². The predicted molar refractivity (Wildman–Crippen MR) is 311 cm³/mol. The zero-order valence-electron chi connectivity index (χ0n) is 44.3. The van der Waals surface area contributed by atoms with E-state index in [1.54, 1.807) is 0 Å². The van der Waals surface area contributed by atoms with Crippen LogP contribution in [0.25, 0.3) is 0 Å². The van der Waals surface area contributed by atoms with E-state index in [9.17, 15) is 0 Å². The highest BCUT2D eigenvalue weighted by atomic mass is 31.0. The molecule has 0 aromatic heterocycles. The number of aryl methyl sites for hydroxylation is 18. The third kappa shape index (κ3) is 34.7.